The molecule has 3 aromatic carbocycles. The zero-order chi connectivity index (χ0) is 17.2. The van der Waals surface area contributed by atoms with Crippen molar-refractivity contribution in [2.75, 3.05) is 0 Å². The fourth-order valence-electron chi connectivity index (χ4n) is 2.80. The fourth-order valence-corrected chi connectivity index (χ4v) is 2.80. The van der Waals surface area contributed by atoms with Gasteiger partial charge in [0.15, 0.2) is 0 Å². The molecule has 0 bridgehead atoms. The Morgan fingerprint density at radius 1 is 0.680 bits per heavy atom. The molecule has 5 nitrogen and oxygen atoms in total. The van der Waals surface area contributed by atoms with Crippen molar-refractivity contribution in [2.45, 2.75) is 0 Å². The first kappa shape index (κ1) is 14.6. The van der Waals surface area contributed by atoms with Gasteiger partial charge in [-0.2, -0.15) is 20.8 Å². The lowest BCUT2D eigenvalue weighted by molar-refractivity contribution is 1.23. The summed E-state index contributed by atoms with van der Waals surface area (Å²) in [5.74, 6) is 0. The zero-order valence-corrected chi connectivity index (χ0v) is 13.1. The predicted molar refractivity (Wildman–Crippen MR) is 95.9 cm³/mol. The normalized spacial score (nSPS) is 11.0. The molecule has 0 aliphatic heterocycles. The predicted octanol–water partition coefficient (Wildman–Crippen LogP) is 5.48. The van der Waals surface area contributed by atoms with E-state index in [0.29, 0.717) is 16.8 Å². The van der Waals surface area contributed by atoms with Crippen molar-refractivity contribution in [2.24, 2.45) is 10.2 Å². The van der Waals surface area contributed by atoms with Gasteiger partial charge >= 0.3 is 0 Å². The van der Waals surface area contributed by atoms with Crippen LogP contribution in [-0.4, -0.2) is 4.98 Å². The van der Waals surface area contributed by atoms with Gasteiger partial charge in [-0.25, -0.2) is 0 Å². The maximum absolute atomic E-state index is 9.08. The maximum atomic E-state index is 9.08. The summed E-state index contributed by atoms with van der Waals surface area (Å²) in [5, 5.41) is 28.7. The molecule has 4 aromatic rings. The molecule has 0 saturated carbocycles. The average Bonchev–Trinajstić information content (AvgIpc) is 3.04. The van der Waals surface area contributed by atoms with Gasteiger partial charge in [-0.05, 0) is 42.5 Å². The van der Waals surface area contributed by atoms with E-state index in [2.05, 4.69) is 21.3 Å². The zero-order valence-electron chi connectivity index (χ0n) is 13.1. The van der Waals surface area contributed by atoms with Crippen LogP contribution in [0.25, 0.3) is 21.8 Å². The first-order chi connectivity index (χ1) is 12.3. The molecular weight excluding hydrogens is 310 g/mol. The number of nitriles is 2. The number of azo groups is 1. The number of H-pyrrole nitrogens is 1. The highest BCUT2D eigenvalue weighted by molar-refractivity contribution is 6.08. The number of aromatic nitrogens is 1. The Hall–Kier alpha value is -3.96. The molecule has 0 spiro atoms. The number of nitrogens with zero attached hydrogens (tertiary/aromatic N) is 4. The Kier molecular flexibility index (Phi) is 3.46. The van der Waals surface area contributed by atoms with Gasteiger partial charge in [0.2, 0.25) is 0 Å². The highest BCUT2D eigenvalue weighted by Crippen LogP contribution is 2.29. The monoisotopic (exact) mass is 321 g/mol. The molecule has 0 atom stereocenters. The summed E-state index contributed by atoms with van der Waals surface area (Å²) in [5.41, 5.74) is 4.02. The third kappa shape index (κ3) is 2.60. The number of nitrogens with one attached hydrogen (secondary N) is 1. The molecule has 1 heterocycles. The molecule has 1 aromatic heterocycles. The molecule has 0 aliphatic carbocycles. The molecule has 0 unspecified atom stereocenters. The molecule has 0 saturated heterocycles. The van der Waals surface area contributed by atoms with E-state index in [1.54, 1.807) is 18.2 Å². The van der Waals surface area contributed by atoms with Crippen molar-refractivity contribution >= 4 is 33.2 Å². The molecule has 1 N–H and O–H groups in total. The van der Waals surface area contributed by atoms with Crippen LogP contribution in [0.1, 0.15) is 11.1 Å². The maximum Gasteiger partial charge on any atom is 0.101 e. The summed E-state index contributed by atoms with van der Waals surface area (Å²) in [6.45, 7) is 0. The molecule has 25 heavy (non-hydrogen) atoms. The fraction of sp³-hybridized carbons (Fsp3) is 0. The van der Waals surface area contributed by atoms with Gasteiger partial charge in [0, 0.05) is 21.8 Å². The Balaban J connectivity index is 1.73. The van der Waals surface area contributed by atoms with Gasteiger partial charge in [-0.1, -0.05) is 18.2 Å². The van der Waals surface area contributed by atoms with E-state index in [1.807, 2.05) is 48.5 Å². The van der Waals surface area contributed by atoms with E-state index in [9.17, 15) is 0 Å². The van der Waals surface area contributed by atoms with Gasteiger partial charge in [0.05, 0.1) is 22.5 Å². The highest BCUT2D eigenvalue weighted by Gasteiger charge is 2.05. The summed E-state index contributed by atoms with van der Waals surface area (Å²) in [7, 11) is 0. The lowest BCUT2D eigenvalue weighted by Gasteiger charge is -1.97. The smallest absolute Gasteiger partial charge is 0.101 e. The second-order valence-electron chi connectivity index (χ2n) is 5.55. The quantitative estimate of drug-likeness (QED) is 0.495. The summed E-state index contributed by atoms with van der Waals surface area (Å²) in [4.78, 5) is 3.37. The molecule has 4 rings (SSSR count). The minimum atomic E-state index is 0.297. The van der Waals surface area contributed by atoms with Gasteiger partial charge in [0.25, 0.3) is 0 Å². The first-order valence-electron chi connectivity index (χ1n) is 7.65. The van der Waals surface area contributed by atoms with E-state index >= 15 is 0 Å². The topological polar surface area (TPSA) is 88.1 Å². The van der Waals surface area contributed by atoms with E-state index in [-0.39, 0.29) is 0 Å². The molecule has 0 fully saturated rings. The third-order valence-corrected chi connectivity index (χ3v) is 4.01. The van der Waals surface area contributed by atoms with Crippen LogP contribution in [0.5, 0.6) is 0 Å². The number of benzene rings is 3. The van der Waals surface area contributed by atoms with Crippen LogP contribution < -0.4 is 0 Å². The third-order valence-electron chi connectivity index (χ3n) is 4.01. The van der Waals surface area contributed by atoms with Crippen molar-refractivity contribution in [3.05, 3.63) is 71.8 Å². The minimum absolute atomic E-state index is 0.297. The second kappa shape index (κ2) is 5.92. The standard InChI is InChI=1S/C20H11N5/c21-11-13-5-6-15(9-14(13)12-22)24-25-16-7-8-20-18(10-16)17-3-1-2-4-19(17)23-20/h1-10,23H. The van der Waals surface area contributed by atoms with Gasteiger partial charge in [-0.15, -0.1) is 0 Å². The van der Waals surface area contributed by atoms with Crippen molar-refractivity contribution in [1.82, 2.24) is 4.98 Å². The van der Waals surface area contributed by atoms with Crippen LogP contribution in [-0.2, 0) is 0 Å². The van der Waals surface area contributed by atoms with Crippen LogP contribution in [0.15, 0.2) is 70.9 Å². The van der Waals surface area contributed by atoms with E-state index in [0.717, 1.165) is 27.5 Å². The summed E-state index contributed by atoms with van der Waals surface area (Å²) in [6.07, 6.45) is 0. The molecule has 0 radical (unpaired) electrons. The Labute approximate surface area is 143 Å². The summed E-state index contributed by atoms with van der Waals surface area (Å²) < 4.78 is 0. The Morgan fingerprint density at radius 3 is 2.16 bits per heavy atom. The van der Waals surface area contributed by atoms with Crippen LogP contribution in [0.4, 0.5) is 11.4 Å². The summed E-state index contributed by atoms with van der Waals surface area (Å²) >= 11 is 0. The van der Waals surface area contributed by atoms with Crippen LogP contribution >= 0.6 is 0 Å². The number of aromatic amines is 1. The first-order valence-corrected chi connectivity index (χ1v) is 7.65. The Bertz CT molecular complexity index is 1220. The van der Waals surface area contributed by atoms with Crippen LogP contribution in [0, 0.1) is 22.7 Å². The number of para-hydroxylation sites is 1. The highest BCUT2D eigenvalue weighted by atomic mass is 15.1. The largest absolute Gasteiger partial charge is 0.355 e. The van der Waals surface area contributed by atoms with Crippen molar-refractivity contribution in [1.29, 1.82) is 10.5 Å². The molecule has 116 valence electrons. The molecule has 0 amide bonds. The number of hydrogen-bond acceptors (Lipinski definition) is 4. The van der Waals surface area contributed by atoms with E-state index in [4.69, 9.17) is 10.5 Å². The number of rotatable bonds is 2. The minimum Gasteiger partial charge on any atom is -0.355 e. The summed E-state index contributed by atoms with van der Waals surface area (Å²) in [6, 6.07) is 22.7. The van der Waals surface area contributed by atoms with Crippen LogP contribution in [0.3, 0.4) is 0 Å². The number of hydrogen-bond donors (Lipinski definition) is 1. The Morgan fingerprint density at radius 2 is 1.36 bits per heavy atom. The van der Waals surface area contributed by atoms with Crippen LogP contribution in [0.2, 0.25) is 0 Å². The van der Waals surface area contributed by atoms with Gasteiger partial charge in [0.1, 0.15) is 12.1 Å². The SMILES string of the molecule is N#Cc1ccc(N=Nc2ccc3[nH]c4ccccc4c3c2)cc1C#N. The molecular formula is C20H11N5. The lowest BCUT2D eigenvalue weighted by Crippen LogP contribution is -1.81. The van der Waals surface area contributed by atoms with Gasteiger partial charge in [-0.3, -0.25) is 0 Å². The lowest BCUT2D eigenvalue weighted by atomic mass is 10.1. The second-order valence-corrected chi connectivity index (χ2v) is 5.55. The molecule has 5 heteroatoms. The van der Waals surface area contributed by atoms with Gasteiger partial charge < -0.3 is 4.98 Å². The average molecular weight is 321 g/mol. The molecule has 0 aliphatic rings. The van der Waals surface area contributed by atoms with E-state index in [1.165, 1.54) is 0 Å². The van der Waals surface area contributed by atoms with Crippen molar-refractivity contribution in [3.63, 3.8) is 0 Å². The van der Waals surface area contributed by atoms with Crippen molar-refractivity contribution in [3.8, 4) is 12.1 Å². The van der Waals surface area contributed by atoms with Crippen molar-refractivity contribution < 1.29 is 0 Å². The van der Waals surface area contributed by atoms with E-state index < -0.39 is 0 Å². The number of fused-ring (bicyclic) bond motifs is 3.